The van der Waals surface area contributed by atoms with E-state index in [0.29, 0.717) is 27.6 Å². The number of ether oxygens (including phenoxy) is 1. The highest BCUT2D eigenvalue weighted by molar-refractivity contribution is 6.39. The molecule has 1 aromatic carbocycles. The molecule has 25 heavy (non-hydrogen) atoms. The predicted octanol–water partition coefficient (Wildman–Crippen LogP) is 4.57. The van der Waals surface area contributed by atoms with Gasteiger partial charge in [-0.2, -0.15) is 0 Å². The molecule has 0 amide bonds. The Morgan fingerprint density at radius 3 is 2.52 bits per heavy atom. The molecule has 0 saturated carbocycles. The summed E-state index contributed by atoms with van der Waals surface area (Å²) in [5.74, 6) is -1.17. The van der Waals surface area contributed by atoms with Crippen LogP contribution in [0.25, 0.3) is 0 Å². The zero-order valence-corrected chi connectivity index (χ0v) is 16.1. The number of hydrogen-bond acceptors (Lipinski definition) is 4. The molecule has 0 aliphatic heterocycles. The van der Waals surface area contributed by atoms with Crippen molar-refractivity contribution in [2.24, 2.45) is 16.8 Å². The molecule has 0 spiro atoms. The van der Waals surface area contributed by atoms with Crippen LogP contribution in [0.5, 0.6) is 0 Å². The van der Waals surface area contributed by atoms with Crippen LogP contribution < -0.4 is 0 Å². The van der Waals surface area contributed by atoms with Crippen molar-refractivity contribution in [3.05, 3.63) is 58.1 Å². The van der Waals surface area contributed by atoms with Gasteiger partial charge in [-0.15, -0.1) is 0 Å². The average molecular weight is 384 g/mol. The fourth-order valence-corrected chi connectivity index (χ4v) is 2.86. The number of aliphatic hydroxyl groups excluding tert-OH is 1. The number of halogens is 2. The minimum atomic E-state index is -0.865. The fourth-order valence-electron chi connectivity index (χ4n) is 2.50. The van der Waals surface area contributed by atoms with E-state index in [-0.39, 0.29) is 5.97 Å². The number of carbonyl (C=O) groups is 1. The fraction of sp³-hybridized carbons (Fsp3) is 0.368. The average Bonchev–Trinajstić information content (AvgIpc) is 2.58. The molecule has 1 unspecified atom stereocenters. The molecular formula is C19H23Cl2NO3. The van der Waals surface area contributed by atoms with Crippen LogP contribution in [0.1, 0.15) is 25.0 Å². The number of aliphatic imine (C=N–C) groups is 1. The summed E-state index contributed by atoms with van der Waals surface area (Å²) in [4.78, 5) is 15.6. The van der Waals surface area contributed by atoms with Gasteiger partial charge in [-0.3, -0.25) is 9.79 Å². The Hall–Kier alpha value is -1.62. The molecular weight excluding hydrogens is 361 g/mol. The van der Waals surface area contributed by atoms with E-state index in [9.17, 15) is 9.90 Å². The summed E-state index contributed by atoms with van der Waals surface area (Å²) in [6, 6.07) is 6.90. The molecule has 1 rings (SSSR count). The van der Waals surface area contributed by atoms with E-state index in [1.807, 2.05) is 0 Å². The third kappa shape index (κ3) is 6.65. The number of benzene rings is 1. The smallest absolute Gasteiger partial charge is 0.308 e. The van der Waals surface area contributed by atoms with Crippen molar-refractivity contribution in [2.45, 2.75) is 19.4 Å². The lowest BCUT2D eigenvalue weighted by molar-refractivity contribution is -0.145. The number of aliphatic hydroxyl groups is 1. The van der Waals surface area contributed by atoms with E-state index in [1.165, 1.54) is 13.3 Å². The van der Waals surface area contributed by atoms with Crippen molar-refractivity contribution in [1.29, 1.82) is 0 Å². The van der Waals surface area contributed by atoms with Gasteiger partial charge in [0, 0.05) is 24.2 Å². The molecule has 0 saturated heterocycles. The minimum absolute atomic E-state index is 0.341. The van der Waals surface area contributed by atoms with Crippen molar-refractivity contribution >= 4 is 35.4 Å². The molecule has 0 fully saturated rings. The summed E-state index contributed by atoms with van der Waals surface area (Å²) >= 11 is 12.0. The first-order valence-corrected chi connectivity index (χ1v) is 8.55. The Kier molecular flexibility index (Phi) is 8.90. The first kappa shape index (κ1) is 21.4. The summed E-state index contributed by atoms with van der Waals surface area (Å²) < 4.78 is 4.78. The highest BCUT2D eigenvalue weighted by Gasteiger charge is 2.28. The normalized spacial score (nSPS) is 15.7. The molecule has 0 radical (unpaired) electrons. The SMILES string of the molecule is C=C(/C=C(Cl)\C=N/C)[C@H](CC(C)C(=O)OC)[C@H](O)c1ccc(Cl)cc1. The third-order valence-corrected chi connectivity index (χ3v) is 4.31. The van der Waals surface area contributed by atoms with Gasteiger partial charge in [0.15, 0.2) is 0 Å². The summed E-state index contributed by atoms with van der Waals surface area (Å²) in [6.07, 6.45) is 2.63. The van der Waals surface area contributed by atoms with Gasteiger partial charge in [-0.05, 0) is 35.8 Å². The van der Waals surface area contributed by atoms with E-state index < -0.39 is 17.9 Å². The van der Waals surface area contributed by atoms with E-state index in [2.05, 4.69) is 11.6 Å². The van der Waals surface area contributed by atoms with Crippen LogP contribution in [-0.4, -0.2) is 31.4 Å². The molecule has 0 aliphatic rings. The zero-order chi connectivity index (χ0) is 19.0. The zero-order valence-electron chi connectivity index (χ0n) is 14.6. The Morgan fingerprint density at radius 1 is 1.40 bits per heavy atom. The Balaban J connectivity index is 3.12. The van der Waals surface area contributed by atoms with Crippen LogP contribution in [0.2, 0.25) is 5.02 Å². The van der Waals surface area contributed by atoms with Gasteiger partial charge >= 0.3 is 5.97 Å². The number of allylic oxidation sites excluding steroid dienone is 2. The van der Waals surface area contributed by atoms with Crippen molar-refractivity contribution < 1.29 is 14.6 Å². The monoisotopic (exact) mass is 383 g/mol. The van der Waals surface area contributed by atoms with Gasteiger partial charge in [0.25, 0.3) is 0 Å². The molecule has 0 heterocycles. The lowest BCUT2D eigenvalue weighted by atomic mass is 9.82. The molecule has 0 bridgehead atoms. The maximum absolute atomic E-state index is 11.8. The van der Waals surface area contributed by atoms with Crippen LogP contribution in [0.4, 0.5) is 0 Å². The van der Waals surface area contributed by atoms with Crippen LogP contribution in [0.3, 0.4) is 0 Å². The third-order valence-electron chi connectivity index (χ3n) is 3.86. The van der Waals surface area contributed by atoms with Gasteiger partial charge in [0.05, 0.1) is 24.2 Å². The first-order valence-electron chi connectivity index (χ1n) is 7.79. The lowest BCUT2D eigenvalue weighted by Crippen LogP contribution is -2.22. The maximum atomic E-state index is 11.8. The van der Waals surface area contributed by atoms with E-state index in [1.54, 1.807) is 44.3 Å². The summed E-state index contributed by atoms with van der Waals surface area (Å²) in [5.41, 5.74) is 1.28. The topological polar surface area (TPSA) is 58.9 Å². The van der Waals surface area contributed by atoms with E-state index in [4.69, 9.17) is 27.9 Å². The highest BCUT2D eigenvalue weighted by atomic mass is 35.5. The Labute approximate surface area is 158 Å². The molecule has 136 valence electrons. The number of esters is 1. The van der Waals surface area contributed by atoms with Crippen LogP contribution >= 0.6 is 23.2 Å². The summed E-state index contributed by atoms with van der Waals surface area (Å²) in [7, 11) is 2.95. The van der Waals surface area contributed by atoms with E-state index >= 15 is 0 Å². The van der Waals surface area contributed by atoms with Gasteiger partial charge in [-0.25, -0.2) is 0 Å². The number of rotatable bonds is 8. The van der Waals surface area contributed by atoms with Crippen molar-refractivity contribution in [3.8, 4) is 0 Å². The lowest BCUT2D eigenvalue weighted by Gasteiger charge is -2.26. The van der Waals surface area contributed by atoms with Crippen LogP contribution in [0.15, 0.2) is 52.5 Å². The van der Waals surface area contributed by atoms with Crippen molar-refractivity contribution in [1.82, 2.24) is 0 Å². The maximum Gasteiger partial charge on any atom is 0.308 e. The molecule has 1 aromatic rings. The number of hydrogen-bond donors (Lipinski definition) is 1. The van der Waals surface area contributed by atoms with Crippen molar-refractivity contribution in [2.75, 3.05) is 14.2 Å². The number of methoxy groups -OCH3 is 1. The van der Waals surface area contributed by atoms with Crippen LogP contribution in [-0.2, 0) is 9.53 Å². The predicted molar refractivity (Wildman–Crippen MR) is 103 cm³/mol. The first-order chi connectivity index (χ1) is 11.8. The van der Waals surface area contributed by atoms with Gasteiger partial charge in [0.2, 0.25) is 0 Å². The molecule has 4 nitrogen and oxygen atoms in total. The second kappa shape index (κ2) is 10.4. The molecule has 1 N–H and O–H groups in total. The van der Waals surface area contributed by atoms with Gasteiger partial charge < -0.3 is 9.84 Å². The van der Waals surface area contributed by atoms with Crippen molar-refractivity contribution in [3.63, 3.8) is 0 Å². The summed E-state index contributed by atoms with van der Waals surface area (Å²) in [6.45, 7) is 5.77. The van der Waals surface area contributed by atoms with Gasteiger partial charge in [-0.1, -0.05) is 48.8 Å². The molecule has 0 aliphatic carbocycles. The quantitative estimate of drug-likeness (QED) is 0.406. The molecule has 6 heteroatoms. The second-order valence-corrected chi connectivity index (χ2v) is 6.63. The second-order valence-electron chi connectivity index (χ2n) is 5.75. The molecule has 0 aromatic heterocycles. The number of nitrogens with zero attached hydrogens (tertiary/aromatic N) is 1. The molecule has 3 atom stereocenters. The Morgan fingerprint density at radius 2 is 2.00 bits per heavy atom. The number of carbonyl (C=O) groups excluding carboxylic acids is 1. The van der Waals surface area contributed by atoms with Crippen LogP contribution in [0, 0.1) is 11.8 Å². The Bertz CT molecular complexity index is 653. The highest BCUT2D eigenvalue weighted by Crippen LogP contribution is 2.34. The summed E-state index contributed by atoms with van der Waals surface area (Å²) in [5, 5.41) is 11.8. The largest absolute Gasteiger partial charge is 0.469 e. The van der Waals surface area contributed by atoms with E-state index in [0.717, 1.165) is 0 Å². The standard InChI is InChI=1S/C19H23Cl2NO3/c1-12(9-16(21)11-22-3)17(10-13(2)19(24)25-4)18(23)14-5-7-15(20)8-6-14/h5-9,11,13,17-18,23H,1,10H2,2-4H3/b16-9+,22-11-/t13?,17-,18+/m0/s1. The minimum Gasteiger partial charge on any atom is -0.469 e. The van der Waals surface area contributed by atoms with Gasteiger partial charge in [0.1, 0.15) is 0 Å².